The third-order valence-electron chi connectivity index (χ3n) is 2.97. The summed E-state index contributed by atoms with van der Waals surface area (Å²) in [6.07, 6.45) is 3.95. The van der Waals surface area contributed by atoms with Gasteiger partial charge in [-0.3, -0.25) is 9.59 Å². The van der Waals surface area contributed by atoms with Crippen molar-refractivity contribution < 1.29 is 9.59 Å². The lowest BCUT2D eigenvalue weighted by Gasteiger charge is -2.32. The van der Waals surface area contributed by atoms with Gasteiger partial charge in [0.15, 0.2) is 0 Å². The van der Waals surface area contributed by atoms with Crippen LogP contribution in [0.3, 0.4) is 0 Å². The summed E-state index contributed by atoms with van der Waals surface area (Å²) in [5.74, 6) is -0.0680. The molecule has 1 heterocycles. The van der Waals surface area contributed by atoms with E-state index in [-0.39, 0.29) is 36.7 Å². The Kier molecular flexibility index (Phi) is 9.26. The van der Waals surface area contributed by atoms with Crippen LogP contribution < -0.4 is 10.6 Å². The highest BCUT2D eigenvalue weighted by molar-refractivity contribution is 5.89. The number of hydrogen-bond donors (Lipinski definition) is 2. The number of amides is 2. The predicted molar refractivity (Wildman–Crippen MR) is 78.4 cm³/mol. The van der Waals surface area contributed by atoms with Crippen LogP contribution in [-0.2, 0) is 9.59 Å². The van der Waals surface area contributed by atoms with E-state index in [4.69, 9.17) is 0 Å². The quantitative estimate of drug-likeness (QED) is 0.536. The van der Waals surface area contributed by atoms with Gasteiger partial charge in [0, 0.05) is 26.2 Å². The minimum atomic E-state index is -0.389. The summed E-state index contributed by atoms with van der Waals surface area (Å²) in [6.45, 7) is 8.35. The summed E-state index contributed by atoms with van der Waals surface area (Å²) in [5, 5.41) is 5.92. The molecule has 0 saturated carbocycles. The smallest absolute Gasteiger partial charge is 0.240 e. The van der Waals surface area contributed by atoms with Gasteiger partial charge in [0.1, 0.15) is 0 Å². The lowest BCUT2D eigenvalue weighted by atomic mass is 10.1. The Morgan fingerprint density at radius 3 is 3.00 bits per heavy atom. The Morgan fingerprint density at radius 2 is 2.37 bits per heavy atom. The number of unbranched alkanes of at least 4 members (excludes halogenated alkanes) is 1. The molecule has 1 rings (SSSR count). The number of halogens is 1. The summed E-state index contributed by atoms with van der Waals surface area (Å²) >= 11 is 0. The Labute approximate surface area is 121 Å². The Balaban J connectivity index is 0.00000324. The van der Waals surface area contributed by atoms with E-state index in [0.717, 1.165) is 19.4 Å². The number of nitrogens with one attached hydrogen (secondary N) is 2. The van der Waals surface area contributed by atoms with Gasteiger partial charge in [-0.15, -0.1) is 19.0 Å². The molecule has 1 aliphatic heterocycles. The van der Waals surface area contributed by atoms with Crippen LogP contribution in [0.5, 0.6) is 0 Å². The van der Waals surface area contributed by atoms with Gasteiger partial charge >= 0.3 is 0 Å². The molecule has 1 atom stereocenters. The molecule has 0 bridgehead atoms. The van der Waals surface area contributed by atoms with Gasteiger partial charge in [-0.1, -0.05) is 19.4 Å². The number of nitrogens with zero attached hydrogens (tertiary/aromatic N) is 1. The first-order chi connectivity index (χ1) is 8.69. The fourth-order valence-corrected chi connectivity index (χ4v) is 1.95. The fraction of sp³-hybridized carbons (Fsp3) is 0.692. The van der Waals surface area contributed by atoms with Gasteiger partial charge in [0.25, 0.3) is 0 Å². The number of piperazine rings is 1. The van der Waals surface area contributed by atoms with Crippen LogP contribution in [0.1, 0.15) is 26.2 Å². The van der Waals surface area contributed by atoms with Crippen molar-refractivity contribution in [2.75, 3.05) is 26.2 Å². The Hall–Kier alpha value is -1.07. The number of hydrogen-bond acceptors (Lipinski definition) is 3. The first kappa shape index (κ1) is 17.9. The summed E-state index contributed by atoms with van der Waals surface area (Å²) < 4.78 is 0. The SMILES string of the molecule is C=CCN1CCNC(CC(=O)NCCCC)C1=O.Cl. The summed E-state index contributed by atoms with van der Waals surface area (Å²) in [6, 6.07) is -0.389. The van der Waals surface area contributed by atoms with E-state index >= 15 is 0 Å². The lowest BCUT2D eigenvalue weighted by molar-refractivity contribution is -0.137. The molecule has 1 aliphatic rings. The van der Waals surface area contributed by atoms with E-state index in [0.29, 0.717) is 19.6 Å². The molecular formula is C13H24ClN3O2. The molecule has 110 valence electrons. The van der Waals surface area contributed by atoms with E-state index in [2.05, 4.69) is 24.1 Å². The maximum absolute atomic E-state index is 12.0. The number of carbonyl (C=O) groups excluding carboxylic acids is 2. The highest BCUT2D eigenvalue weighted by Crippen LogP contribution is 2.05. The molecule has 0 spiro atoms. The van der Waals surface area contributed by atoms with Crippen molar-refractivity contribution in [1.29, 1.82) is 0 Å². The fourth-order valence-electron chi connectivity index (χ4n) is 1.95. The molecule has 1 unspecified atom stereocenters. The van der Waals surface area contributed by atoms with Crippen LogP contribution >= 0.6 is 12.4 Å². The second-order valence-corrected chi connectivity index (χ2v) is 4.49. The van der Waals surface area contributed by atoms with Crippen molar-refractivity contribution in [3.05, 3.63) is 12.7 Å². The van der Waals surface area contributed by atoms with Gasteiger partial charge in [0.05, 0.1) is 12.5 Å². The zero-order valence-electron chi connectivity index (χ0n) is 11.5. The van der Waals surface area contributed by atoms with E-state index in [1.54, 1.807) is 11.0 Å². The third-order valence-corrected chi connectivity index (χ3v) is 2.97. The second-order valence-electron chi connectivity index (χ2n) is 4.49. The molecule has 0 aliphatic carbocycles. The molecule has 6 heteroatoms. The molecule has 5 nitrogen and oxygen atoms in total. The number of carbonyl (C=O) groups is 2. The minimum Gasteiger partial charge on any atom is -0.356 e. The molecular weight excluding hydrogens is 266 g/mol. The molecule has 0 aromatic rings. The van der Waals surface area contributed by atoms with Gasteiger partial charge in [-0.25, -0.2) is 0 Å². The molecule has 2 N–H and O–H groups in total. The van der Waals surface area contributed by atoms with Crippen LogP contribution in [0, 0.1) is 0 Å². The molecule has 1 fully saturated rings. The first-order valence-corrected chi connectivity index (χ1v) is 6.58. The standard InChI is InChI=1S/C13H23N3O2.ClH/c1-3-5-6-15-12(17)10-11-13(18)16(8-4-2)9-7-14-11;/h4,11,14H,2-3,5-10H2,1H3,(H,15,17);1H. The van der Waals surface area contributed by atoms with Gasteiger partial charge in [-0.2, -0.15) is 0 Å². The first-order valence-electron chi connectivity index (χ1n) is 6.58. The summed E-state index contributed by atoms with van der Waals surface area (Å²) in [4.78, 5) is 25.4. The minimum absolute atomic E-state index is 0. The monoisotopic (exact) mass is 289 g/mol. The summed E-state index contributed by atoms with van der Waals surface area (Å²) in [5.41, 5.74) is 0. The van der Waals surface area contributed by atoms with Crippen molar-refractivity contribution in [1.82, 2.24) is 15.5 Å². The largest absolute Gasteiger partial charge is 0.356 e. The van der Waals surface area contributed by atoms with Crippen molar-refractivity contribution in [2.24, 2.45) is 0 Å². The van der Waals surface area contributed by atoms with Crippen LogP contribution in [-0.4, -0.2) is 48.9 Å². The topological polar surface area (TPSA) is 61.4 Å². The maximum atomic E-state index is 12.0. The van der Waals surface area contributed by atoms with E-state index in [1.807, 2.05) is 0 Å². The van der Waals surface area contributed by atoms with E-state index < -0.39 is 0 Å². The lowest BCUT2D eigenvalue weighted by Crippen LogP contribution is -2.56. The van der Waals surface area contributed by atoms with E-state index in [1.165, 1.54) is 0 Å². The Bertz CT molecular complexity index is 310. The van der Waals surface area contributed by atoms with Gasteiger partial charge in [-0.05, 0) is 6.42 Å². The predicted octanol–water partition coefficient (Wildman–Crippen LogP) is 0.701. The van der Waals surface area contributed by atoms with Gasteiger partial charge in [0.2, 0.25) is 11.8 Å². The molecule has 0 aromatic carbocycles. The Morgan fingerprint density at radius 1 is 1.63 bits per heavy atom. The van der Waals surface area contributed by atoms with Crippen molar-refractivity contribution in [2.45, 2.75) is 32.2 Å². The van der Waals surface area contributed by atoms with E-state index in [9.17, 15) is 9.59 Å². The number of rotatable bonds is 7. The highest BCUT2D eigenvalue weighted by atomic mass is 35.5. The zero-order valence-corrected chi connectivity index (χ0v) is 12.3. The van der Waals surface area contributed by atoms with Crippen molar-refractivity contribution in [3.8, 4) is 0 Å². The maximum Gasteiger partial charge on any atom is 0.240 e. The molecule has 19 heavy (non-hydrogen) atoms. The second kappa shape index (κ2) is 9.81. The average molecular weight is 290 g/mol. The summed E-state index contributed by atoms with van der Waals surface area (Å²) in [7, 11) is 0. The van der Waals surface area contributed by atoms with Gasteiger partial charge < -0.3 is 15.5 Å². The third kappa shape index (κ3) is 6.07. The molecule has 2 amide bonds. The average Bonchev–Trinajstić information content (AvgIpc) is 2.35. The molecule has 0 radical (unpaired) electrons. The van der Waals surface area contributed by atoms with Crippen LogP contribution in [0.25, 0.3) is 0 Å². The van der Waals surface area contributed by atoms with Crippen molar-refractivity contribution in [3.63, 3.8) is 0 Å². The molecule has 0 aromatic heterocycles. The van der Waals surface area contributed by atoms with Crippen LogP contribution in [0.15, 0.2) is 12.7 Å². The van der Waals surface area contributed by atoms with Crippen LogP contribution in [0.4, 0.5) is 0 Å². The van der Waals surface area contributed by atoms with Crippen molar-refractivity contribution >= 4 is 24.2 Å². The van der Waals surface area contributed by atoms with Crippen LogP contribution in [0.2, 0.25) is 0 Å². The molecule has 1 saturated heterocycles. The normalized spacial score (nSPS) is 18.7. The highest BCUT2D eigenvalue weighted by Gasteiger charge is 2.29. The zero-order chi connectivity index (χ0) is 13.4.